The summed E-state index contributed by atoms with van der Waals surface area (Å²) in [6.07, 6.45) is 4.19. The number of thioether (sulfide) groups is 1. The molecule has 5 heteroatoms. The molecule has 1 heterocycles. The first-order valence-corrected chi connectivity index (χ1v) is 8.13. The van der Waals surface area contributed by atoms with E-state index in [0.29, 0.717) is 0 Å². The van der Waals surface area contributed by atoms with Crippen molar-refractivity contribution in [3.63, 3.8) is 0 Å². The summed E-state index contributed by atoms with van der Waals surface area (Å²) in [5.74, 6) is 1.03. The van der Waals surface area contributed by atoms with Crippen molar-refractivity contribution < 1.29 is 4.74 Å². The van der Waals surface area contributed by atoms with Crippen LogP contribution >= 0.6 is 27.7 Å². The molecule has 0 aliphatic carbocycles. The van der Waals surface area contributed by atoms with Gasteiger partial charge in [0.15, 0.2) is 0 Å². The van der Waals surface area contributed by atoms with Crippen molar-refractivity contribution >= 4 is 27.7 Å². The third kappa shape index (κ3) is 8.08. The summed E-state index contributed by atoms with van der Waals surface area (Å²) in [6.45, 7) is 5.78. The summed E-state index contributed by atoms with van der Waals surface area (Å²) in [7, 11) is 0. The fourth-order valence-electron chi connectivity index (χ4n) is 1.29. The Kier molecular flexibility index (Phi) is 9.56. The zero-order valence-electron chi connectivity index (χ0n) is 10.8. The number of unbranched alkanes of at least 4 members (excludes halogenated alkanes) is 1. The normalized spacial score (nSPS) is 10.8. The Morgan fingerprint density at radius 2 is 2.22 bits per heavy atom. The van der Waals surface area contributed by atoms with Gasteiger partial charge >= 0.3 is 0 Å². The highest BCUT2D eigenvalue weighted by molar-refractivity contribution is 9.10. The topological polar surface area (TPSA) is 34.1 Å². The smallest absolute Gasteiger partial charge is 0.0961 e. The molecule has 102 valence electrons. The van der Waals surface area contributed by atoms with Gasteiger partial charge in [0, 0.05) is 36.1 Å². The van der Waals surface area contributed by atoms with Gasteiger partial charge in [-0.05, 0) is 34.5 Å². The zero-order chi connectivity index (χ0) is 13.1. The number of pyridine rings is 1. The molecule has 1 aromatic rings. The van der Waals surface area contributed by atoms with E-state index >= 15 is 0 Å². The SMILES string of the molecule is CCCCOCCNCCSc1ccc(Br)cn1. The molecule has 0 aliphatic rings. The lowest BCUT2D eigenvalue weighted by atomic mass is 10.4. The van der Waals surface area contributed by atoms with E-state index in [-0.39, 0.29) is 0 Å². The summed E-state index contributed by atoms with van der Waals surface area (Å²) in [4.78, 5) is 4.31. The Morgan fingerprint density at radius 3 is 2.94 bits per heavy atom. The Labute approximate surface area is 122 Å². The summed E-state index contributed by atoms with van der Waals surface area (Å²) in [5, 5.41) is 4.43. The lowest BCUT2D eigenvalue weighted by molar-refractivity contribution is 0.133. The standard InChI is InChI=1S/C13H21BrN2OS/c1-2-3-8-17-9-6-15-7-10-18-13-5-4-12(14)11-16-13/h4-5,11,15H,2-3,6-10H2,1H3. The molecular formula is C13H21BrN2OS. The Morgan fingerprint density at radius 1 is 1.33 bits per heavy atom. The van der Waals surface area contributed by atoms with Crippen LogP contribution in [0.4, 0.5) is 0 Å². The molecule has 0 aromatic carbocycles. The summed E-state index contributed by atoms with van der Waals surface area (Å²) >= 11 is 5.14. The van der Waals surface area contributed by atoms with Crippen LogP contribution in [0.1, 0.15) is 19.8 Å². The second-order valence-electron chi connectivity index (χ2n) is 3.88. The van der Waals surface area contributed by atoms with Gasteiger partial charge in [-0.3, -0.25) is 0 Å². The molecule has 0 saturated carbocycles. The third-order valence-corrected chi connectivity index (χ3v) is 3.71. The molecule has 0 atom stereocenters. The quantitative estimate of drug-likeness (QED) is 0.526. The first-order valence-electron chi connectivity index (χ1n) is 6.35. The molecular weight excluding hydrogens is 312 g/mol. The second-order valence-corrected chi connectivity index (χ2v) is 5.91. The number of ether oxygens (including phenoxy) is 1. The monoisotopic (exact) mass is 332 g/mol. The van der Waals surface area contributed by atoms with E-state index in [1.54, 1.807) is 11.8 Å². The Balaban J connectivity index is 1.91. The predicted octanol–water partition coefficient (Wildman–Crippen LogP) is 3.34. The molecule has 1 rings (SSSR count). The molecule has 0 radical (unpaired) electrons. The van der Waals surface area contributed by atoms with Crippen LogP contribution in [0.3, 0.4) is 0 Å². The van der Waals surface area contributed by atoms with Crippen molar-refractivity contribution in [2.24, 2.45) is 0 Å². The largest absolute Gasteiger partial charge is 0.380 e. The number of aromatic nitrogens is 1. The summed E-state index contributed by atoms with van der Waals surface area (Å²) < 4.78 is 6.49. The van der Waals surface area contributed by atoms with Gasteiger partial charge in [0.2, 0.25) is 0 Å². The fraction of sp³-hybridized carbons (Fsp3) is 0.615. The van der Waals surface area contributed by atoms with E-state index in [4.69, 9.17) is 4.74 Å². The maximum absolute atomic E-state index is 5.47. The van der Waals surface area contributed by atoms with E-state index in [9.17, 15) is 0 Å². The maximum atomic E-state index is 5.47. The van der Waals surface area contributed by atoms with E-state index in [0.717, 1.165) is 48.0 Å². The van der Waals surface area contributed by atoms with Crippen LogP contribution in [0.5, 0.6) is 0 Å². The van der Waals surface area contributed by atoms with Gasteiger partial charge in [0.1, 0.15) is 0 Å². The number of nitrogens with zero attached hydrogens (tertiary/aromatic N) is 1. The Bertz CT molecular complexity index is 308. The molecule has 1 N–H and O–H groups in total. The highest BCUT2D eigenvalue weighted by atomic mass is 79.9. The van der Waals surface area contributed by atoms with Gasteiger partial charge in [0.25, 0.3) is 0 Å². The van der Waals surface area contributed by atoms with Crippen LogP contribution in [0.25, 0.3) is 0 Å². The van der Waals surface area contributed by atoms with Gasteiger partial charge in [0.05, 0.1) is 11.6 Å². The van der Waals surface area contributed by atoms with Gasteiger partial charge in [-0.1, -0.05) is 13.3 Å². The zero-order valence-corrected chi connectivity index (χ0v) is 13.2. The molecule has 0 unspecified atom stereocenters. The van der Waals surface area contributed by atoms with E-state index < -0.39 is 0 Å². The lowest BCUT2D eigenvalue weighted by Crippen LogP contribution is -2.22. The highest BCUT2D eigenvalue weighted by Gasteiger charge is 1.95. The van der Waals surface area contributed by atoms with Gasteiger partial charge in [-0.15, -0.1) is 11.8 Å². The molecule has 18 heavy (non-hydrogen) atoms. The van der Waals surface area contributed by atoms with Crippen LogP contribution in [0.15, 0.2) is 27.8 Å². The summed E-state index contributed by atoms with van der Waals surface area (Å²) in [5.41, 5.74) is 0. The minimum absolute atomic E-state index is 0.807. The number of hydrogen-bond acceptors (Lipinski definition) is 4. The van der Waals surface area contributed by atoms with Crippen LogP contribution < -0.4 is 5.32 Å². The highest BCUT2D eigenvalue weighted by Crippen LogP contribution is 2.16. The van der Waals surface area contributed by atoms with Crippen molar-refractivity contribution in [3.05, 3.63) is 22.8 Å². The summed E-state index contributed by atoms with van der Waals surface area (Å²) in [6, 6.07) is 4.05. The van der Waals surface area contributed by atoms with Gasteiger partial charge in [-0.2, -0.15) is 0 Å². The molecule has 0 saturated heterocycles. The molecule has 0 bridgehead atoms. The van der Waals surface area contributed by atoms with Crippen molar-refractivity contribution in [2.45, 2.75) is 24.8 Å². The number of rotatable bonds is 10. The third-order valence-electron chi connectivity index (χ3n) is 2.29. The number of hydrogen-bond donors (Lipinski definition) is 1. The van der Waals surface area contributed by atoms with Crippen molar-refractivity contribution in [2.75, 3.05) is 32.1 Å². The second kappa shape index (κ2) is 10.8. The van der Waals surface area contributed by atoms with Crippen LogP contribution in [0, 0.1) is 0 Å². The molecule has 0 fully saturated rings. The van der Waals surface area contributed by atoms with Gasteiger partial charge < -0.3 is 10.1 Å². The van der Waals surface area contributed by atoms with Crippen molar-refractivity contribution in [3.8, 4) is 0 Å². The van der Waals surface area contributed by atoms with E-state index in [2.05, 4.69) is 33.2 Å². The molecule has 0 spiro atoms. The maximum Gasteiger partial charge on any atom is 0.0961 e. The van der Waals surface area contributed by atoms with Crippen LogP contribution in [-0.2, 0) is 4.74 Å². The lowest BCUT2D eigenvalue weighted by Gasteiger charge is -2.05. The van der Waals surface area contributed by atoms with E-state index in [1.165, 1.54) is 6.42 Å². The van der Waals surface area contributed by atoms with Crippen LogP contribution in [-0.4, -0.2) is 37.0 Å². The minimum Gasteiger partial charge on any atom is -0.380 e. The first kappa shape index (κ1) is 16.0. The van der Waals surface area contributed by atoms with Crippen molar-refractivity contribution in [1.82, 2.24) is 10.3 Å². The number of halogens is 1. The fourth-order valence-corrected chi connectivity index (χ4v) is 2.27. The predicted molar refractivity (Wildman–Crippen MR) is 81.3 cm³/mol. The molecule has 0 aliphatic heterocycles. The average molecular weight is 333 g/mol. The average Bonchev–Trinajstić information content (AvgIpc) is 2.39. The molecule has 0 amide bonds. The van der Waals surface area contributed by atoms with Crippen LogP contribution in [0.2, 0.25) is 0 Å². The minimum atomic E-state index is 0.807. The Hall–Kier alpha value is -0.100. The van der Waals surface area contributed by atoms with Crippen molar-refractivity contribution in [1.29, 1.82) is 0 Å². The van der Waals surface area contributed by atoms with Gasteiger partial charge in [-0.25, -0.2) is 4.98 Å². The number of nitrogens with one attached hydrogen (secondary N) is 1. The molecule has 1 aromatic heterocycles. The molecule has 3 nitrogen and oxygen atoms in total. The van der Waals surface area contributed by atoms with E-state index in [1.807, 2.05) is 18.3 Å². The first-order chi connectivity index (χ1) is 8.83.